The van der Waals surface area contributed by atoms with Crippen molar-refractivity contribution in [2.75, 3.05) is 12.4 Å². The van der Waals surface area contributed by atoms with Crippen LogP contribution in [-0.4, -0.2) is 26.9 Å². The van der Waals surface area contributed by atoms with Crippen LogP contribution >= 0.6 is 31.1 Å². The van der Waals surface area contributed by atoms with E-state index in [1.807, 2.05) is 62.4 Å². The number of benzene rings is 2. The van der Waals surface area contributed by atoms with Crippen LogP contribution in [0.15, 0.2) is 48.5 Å². The van der Waals surface area contributed by atoms with Gasteiger partial charge in [-0.1, -0.05) is 61.3 Å². The predicted octanol–water partition coefficient (Wildman–Crippen LogP) is 4.00. The number of sulfonamides is 1. The molecule has 2 rings (SSSR count). The molecule has 1 N–H and O–H groups in total. The van der Waals surface area contributed by atoms with Crippen molar-refractivity contribution in [3.05, 3.63) is 58.6 Å². The summed E-state index contributed by atoms with van der Waals surface area (Å²) in [6, 6.07) is 15.4. The highest BCUT2D eigenvalue weighted by Gasteiger charge is 2.24. The quantitative estimate of drug-likeness (QED) is 0.691. The molecule has 25 heavy (non-hydrogen) atoms. The second kappa shape index (κ2) is 8.83. The van der Waals surface area contributed by atoms with Gasteiger partial charge < -0.3 is 0 Å². The van der Waals surface area contributed by atoms with Gasteiger partial charge in [0.05, 0.1) is 6.26 Å². The SMILES string of the molecule is CC(C)[C@@H](CP(c1ccc(Cl)cc1)c1ccc(Cl)cc1)NS(C)(=O)=O. The summed E-state index contributed by atoms with van der Waals surface area (Å²) in [4.78, 5) is 0. The normalized spacial score (nSPS) is 13.4. The monoisotopic (exact) mass is 417 g/mol. The van der Waals surface area contributed by atoms with E-state index in [1.165, 1.54) is 6.26 Å². The van der Waals surface area contributed by atoms with Crippen LogP contribution in [0.2, 0.25) is 10.0 Å². The summed E-state index contributed by atoms with van der Waals surface area (Å²) in [6.45, 7) is 4.06. The number of nitrogens with one attached hydrogen (secondary N) is 1. The van der Waals surface area contributed by atoms with Gasteiger partial charge in [0.25, 0.3) is 0 Å². The van der Waals surface area contributed by atoms with E-state index >= 15 is 0 Å². The fourth-order valence-corrected chi connectivity index (χ4v) is 6.38. The Morgan fingerprint density at radius 3 is 1.64 bits per heavy atom. The zero-order chi connectivity index (χ0) is 18.6. The average Bonchev–Trinajstić information content (AvgIpc) is 2.52. The summed E-state index contributed by atoms with van der Waals surface area (Å²) in [5.74, 6) is 0.180. The van der Waals surface area contributed by atoms with E-state index in [9.17, 15) is 8.42 Å². The Kier molecular flexibility index (Phi) is 7.30. The zero-order valence-electron chi connectivity index (χ0n) is 14.4. The lowest BCUT2D eigenvalue weighted by Gasteiger charge is -2.27. The molecule has 0 saturated heterocycles. The van der Waals surface area contributed by atoms with E-state index in [0.29, 0.717) is 16.2 Å². The molecule has 7 heteroatoms. The van der Waals surface area contributed by atoms with Gasteiger partial charge in [0.2, 0.25) is 10.0 Å². The molecule has 2 aromatic rings. The first-order chi connectivity index (χ1) is 11.7. The molecule has 0 radical (unpaired) electrons. The summed E-state index contributed by atoms with van der Waals surface area (Å²) in [6.07, 6.45) is 1.92. The molecule has 2 aromatic carbocycles. The Hall–Kier alpha value is -0.640. The lowest BCUT2D eigenvalue weighted by atomic mass is 10.1. The minimum Gasteiger partial charge on any atom is -0.213 e. The summed E-state index contributed by atoms with van der Waals surface area (Å²) in [5.41, 5.74) is 0. The highest BCUT2D eigenvalue weighted by atomic mass is 35.5. The number of hydrogen-bond donors (Lipinski definition) is 1. The third-order valence-electron chi connectivity index (χ3n) is 3.83. The van der Waals surface area contributed by atoms with Crippen LogP contribution in [0.5, 0.6) is 0 Å². The average molecular weight is 418 g/mol. The third kappa shape index (κ3) is 6.54. The van der Waals surface area contributed by atoms with E-state index in [0.717, 1.165) is 10.6 Å². The molecular formula is C18H22Cl2NO2PS. The van der Waals surface area contributed by atoms with Crippen LogP contribution in [0, 0.1) is 5.92 Å². The van der Waals surface area contributed by atoms with Gasteiger partial charge in [-0.25, -0.2) is 13.1 Å². The van der Waals surface area contributed by atoms with Gasteiger partial charge in [-0.2, -0.15) is 0 Å². The van der Waals surface area contributed by atoms with E-state index in [1.54, 1.807) is 0 Å². The van der Waals surface area contributed by atoms with Crippen molar-refractivity contribution in [3.63, 3.8) is 0 Å². The number of halogens is 2. The second-order valence-corrected chi connectivity index (χ2v) is 11.2. The molecule has 0 heterocycles. The molecule has 136 valence electrons. The minimum absolute atomic E-state index is 0.146. The topological polar surface area (TPSA) is 46.2 Å². The predicted molar refractivity (Wildman–Crippen MR) is 111 cm³/mol. The van der Waals surface area contributed by atoms with Gasteiger partial charge in [-0.05, 0) is 54.9 Å². The standard InChI is InChI=1S/C18H22Cl2NO2PS/c1-13(2)18(21-25(3,22)23)12-24(16-8-4-14(19)5-9-16)17-10-6-15(20)7-11-17/h4-11,13,18,21H,12H2,1-3H3/t18-/m1/s1. The van der Waals surface area contributed by atoms with Crippen LogP contribution in [0.25, 0.3) is 0 Å². The Balaban J connectivity index is 2.39. The Morgan fingerprint density at radius 1 is 0.920 bits per heavy atom. The largest absolute Gasteiger partial charge is 0.213 e. The molecule has 0 saturated carbocycles. The molecule has 0 bridgehead atoms. The summed E-state index contributed by atoms with van der Waals surface area (Å²) in [7, 11) is -4.02. The zero-order valence-corrected chi connectivity index (χ0v) is 17.6. The number of rotatable bonds is 7. The smallest absolute Gasteiger partial charge is 0.208 e. The highest BCUT2D eigenvalue weighted by Crippen LogP contribution is 2.36. The molecular weight excluding hydrogens is 396 g/mol. The summed E-state index contributed by atoms with van der Waals surface area (Å²) in [5, 5.41) is 3.68. The van der Waals surface area contributed by atoms with Crippen molar-refractivity contribution in [1.82, 2.24) is 4.72 Å². The fourth-order valence-electron chi connectivity index (χ4n) is 2.46. The van der Waals surface area contributed by atoms with E-state index in [4.69, 9.17) is 23.2 Å². The maximum absolute atomic E-state index is 11.8. The van der Waals surface area contributed by atoms with Gasteiger partial charge in [0, 0.05) is 16.1 Å². The van der Waals surface area contributed by atoms with E-state index in [-0.39, 0.29) is 12.0 Å². The third-order valence-corrected chi connectivity index (χ3v) is 7.66. The number of hydrogen-bond acceptors (Lipinski definition) is 2. The van der Waals surface area contributed by atoms with Gasteiger partial charge in [-0.3, -0.25) is 0 Å². The van der Waals surface area contributed by atoms with Crippen molar-refractivity contribution in [2.45, 2.75) is 19.9 Å². The van der Waals surface area contributed by atoms with Crippen LogP contribution < -0.4 is 15.3 Å². The van der Waals surface area contributed by atoms with Crippen LogP contribution in [0.1, 0.15) is 13.8 Å². The van der Waals surface area contributed by atoms with Gasteiger partial charge in [-0.15, -0.1) is 0 Å². The van der Waals surface area contributed by atoms with Crippen molar-refractivity contribution < 1.29 is 8.42 Å². The molecule has 3 nitrogen and oxygen atoms in total. The van der Waals surface area contributed by atoms with Gasteiger partial charge in [0.1, 0.15) is 0 Å². The van der Waals surface area contributed by atoms with Crippen molar-refractivity contribution >= 4 is 51.8 Å². The van der Waals surface area contributed by atoms with Gasteiger partial charge >= 0.3 is 0 Å². The molecule has 0 aliphatic rings. The summed E-state index contributed by atoms with van der Waals surface area (Å²) >= 11 is 12.0. The fraction of sp³-hybridized carbons (Fsp3) is 0.333. The Morgan fingerprint density at radius 2 is 1.32 bits per heavy atom. The minimum atomic E-state index is -3.27. The van der Waals surface area contributed by atoms with Gasteiger partial charge in [0.15, 0.2) is 0 Å². The molecule has 0 aromatic heterocycles. The first-order valence-corrected chi connectivity index (χ1v) is 12.1. The molecule has 0 unspecified atom stereocenters. The lowest BCUT2D eigenvalue weighted by Crippen LogP contribution is -2.41. The maximum atomic E-state index is 11.8. The van der Waals surface area contributed by atoms with Crippen molar-refractivity contribution in [3.8, 4) is 0 Å². The first kappa shape index (κ1) is 20.7. The second-order valence-electron chi connectivity index (χ2n) is 6.30. The van der Waals surface area contributed by atoms with E-state index in [2.05, 4.69) is 4.72 Å². The van der Waals surface area contributed by atoms with Crippen molar-refractivity contribution in [2.24, 2.45) is 5.92 Å². The lowest BCUT2D eigenvalue weighted by molar-refractivity contribution is 0.483. The molecule has 0 fully saturated rings. The van der Waals surface area contributed by atoms with Crippen molar-refractivity contribution in [1.29, 1.82) is 0 Å². The Labute approximate surface area is 161 Å². The highest BCUT2D eigenvalue weighted by molar-refractivity contribution is 7.88. The van der Waals surface area contributed by atoms with E-state index < -0.39 is 17.9 Å². The molecule has 0 spiro atoms. The molecule has 1 atom stereocenters. The molecule has 0 amide bonds. The van der Waals surface area contributed by atoms with Crippen LogP contribution in [-0.2, 0) is 10.0 Å². The van der Waals surface area contributed by atoms with Crippen LogP contribution in [0.3, 0.4) is 0 Å². The summed E-state index contributed by atoms with van der Waals surface area (Å²) < 4.78 is 26.3. The molecule has 0 aliphatic carbocycles. The first-order valence-electron chi connectivity index (χ1n) is 7.91. The van der Waals surface area contributed by atoms with Crippen LogP contribution in [0.4, 0.5) is 0 Å². The molecule has 0 aliphatic heterocycles. The maximum Gasteiger partial charge on any atom is 0.208 e. The Bertz CT molecular complexity index is 747.